The second kappa shape index (κ2) is 2.30. The van der Waals surface area contributed by atoms with E-state index in [-0.39, 0.29) is 0 Å². The summed E-state index contributed by atoms with van der Waals surface area (Å²) in [6, 6.07) is 1.85. The van der Waals surface area contributed by atoms with Gasteiger partial charge in [0.2, 0.25) is 0 Å². The Hall–Kier alpha value is -0.0600. The molecular formula is C4H4INO. The number of aromatic nitrogens is 1. The molecule has 0 N–H and O–H groups in total. The summed E-state index contributed by atoms with van der Waals surface area (Å²) in [6.45, 7) is 0. The minimum atomic E-state index is 0.925. The van der Waals surface area contributed by atoms with Crippen LogP contribution in [0, 0.1) is 0 Å². The van der Waals surface area contributed by atoms with Gasteiger partial charge >= 0.3 is 0 Å². The van der Waals surface area contributed by atoms with Crippen molar-refractivity contribution in [1.29, 1.82) is 0 Å². The molecule has 38 valence electrons. The molecule has 1 aromatic rings. The molecule has 0 bridgehead atoms. The Bertz CT molecular complexity index is 126. The molecule has 0 unspecified atom stereocenters. The molecule has 7 heavy (non-hydrogen) atoms. The quantitative estimate of drug-likeness (QED) is 0.518. The molecule has 0 aliphatic heterocycles. The third kappa shape index (κ3) is 1.15. The van der Waals surface area contributed by atoms with Crippen LogP contribution in [0.2, 0.25) is 0 Å². The fraction of sp³-hybridized carbons (Fsp3) is 0.250. The van der Waals surface area contributed by atoms with Crippen molar-refractivity contribution in [1.82, 2.24) is 5.16 Å². The lowest BCUT2D eigenvalue weighted by atomic mass is 10.5. The lowest BCUT2D eigenvalue weighted by molar-refractivity contribution is 0.414. The molecule has 0 saturated carbocycles. The molecule has 2 nitrogen and oxygen atoms in total. The molecule has 1 aromatic heterocycles. The number of hydrogen-bond donors (Lipinski definition) is 0. The molecule has 0 saturated heterocycles. The molecule has 0 aliphatic carbocycles. The molecule has 0 atom stereocenters. The van der Waals surface area contributed by atoms with Crippen molar-refractivity contribution in [2.75, 3.05) is 0 Å². The van der Waals surface area contributed by atoms with Crippen LogP contribution in [0.3, 0.4) is 0 Å². The Morgan fingerprint density at radius 1 is 1.86 bits per heavy atom. The third-order valence-electron chi connectivity index (χ3n) is 0.628. The van der Waals surface area contributed by atoms with Crippen molar-refractivity contribution < 1.29 is 4.52 Å². The van der Waals surface area contributed by atoms with Crippen LogP contribution in [-0.2, 0) is 4.43 Å². The number of hydrogen-bond acceptors (Lipinski definition) is 2. The van der Waals surface area contributed by atoms with Crippen molar-refractivity contribution in [3.05, 3.63) is 18.0 Å². The van der Waals surface area contributed by atoms with E-state index in [1.54, 1.807) is 6.26 Å². The van der Waals surface area contributed by atoms with Crippen LogP contribution in [0.15, 0.2) is 16.9 Å². The topological polar surface area (TPSA) is 26.0 Å². The zero-order valence-electron chi connectivity index (χ0n) is 3.60. The largest absolute Gasteiger partial charge is 0.364 e. The molecule has 1 heterocycles. The van der Waals surface area contributed by atoms with Gasteiger partial charge in [0.1, 0.15) is 6.26 Å². The summed E-state index contributed by atoms with van der Waals surface area (Å²) in [5.41, 5.74) is 1.00. The summed E-state index contributed by atoms with van der Waals surface area (Å²) < 4.78 is 5.48. The van der Waals surface area contributed by atoms with Gasteiger partial charge in [0, 0.05) is 10.5 Å². The first-order valence-corrected chi connectivity index (χ1v) is 3.41. The van der Waals surface area contributed by atoms with Gasteiger partial charge in [0.05, 0.1) is 5.69 Å². The Balaban J connectivity index is 2.76. The SMILES string of the molecule is ICc1ccon1. The fourth-order valence-corrected chi connectivity index (χ4v) is 0.700. The molecule has 0 radical (unpaired) electrons. The highest BCUT2D eigenvalue weighted by atomic mass is 127. The summed E-state index contributed by atoms with van der Waals surface area (Å²) >= 11 is 2.23. The number of halogens is 1. The highest BCUT2D eigenvalue weighted by molar-refractivity contribution is 14.1. The maximum Gasteiger partial charge on any atom is 0.124 e. The highest BCUT2D eigenvalue weighted by Crippen LogP contribution is 1.99. The summed E-state index contributed by atoms with van der Waals surface area (Å²) in [5, 5.41) is 3.65. The smallest absolute Gasteiger partial charge is 0.124 e. The van der Waals surface area contributed by atoms with Crippen LogP contribution >= 0.6 is 22.6 Å². The van der Waals surface area contributed by atoms with Crippen LogP contribution in [0.25, 0.3) is 0 Å². The summed E-state index contributed by atoms with van der Waals surface area (Å²) in [7, 11) is 0. The van der Waals surface area contributed by atoms with E-state index >= 15 is 0 Å². The van der Waals surface area contributed by atoms with Gasteiger partial charge in [-0.1, -0.05) is 27.7 Å². The zero-order chi connectivity index (χ0) is 5.11. The zero-order valence-corrected chi connectivity index (χ0v) is 5.75. The van der Waals surface area contributed by atoms with Crippen LogP contribution < -0.4 is 0 Å². The minimum absolute atomic E-state index is 0.925. The maximum atomic E-state index is 4.55. The van der Waals surface area contributed by atoms with E-state index in [2.05, 4.69) is 32.3 Å². The molecule has 0 fully saturated rings. The van der Waals surface area contributed by atoms with Crippen LogP contribution in [0.4, 0.5) is 0 Å². The van der Waals surface area contributed by atoms with Gasteiger partial charge in [-0.25, -0.2) is 0 Å². The van der Waals surface area contributed by atoms with Crippen LogP contribution in [0.1, 0.15) is 5.69 Å². The maximum absolute atomic E-state index is 4.55. The molecule has 0 spiro atoms. The van der Waals surface area contributed by atoms with Crippen molar-refractivity contribution >= 4 is 22.6 Å². The molecular weight excluding hydrogens is 205 g/mol. The Morgan fingerprint density at radius 3 is 3.00 bits per heavy atom. The van der Waals surface area contributed by atoms with Crippen LogP contribution in [0.5, 0.6) is 0 Å². The predicted molar refractivity (Wildman–Crippen MR) is 34.2 cm³/mol. The number of rotatable bonds is 1. The van der Waals surface area contributed by atoms with Crippen molar-refractivity contribution in [2.24, 2.45) is 0 Å². The highest BCUT2D eigenvalue weighted by Gasteiger charge is 1.87. The first-order chi connectivity index (χ1) is 3.43. The first-order valence-electron chi connectivity index (χ1n) is 1.88. The van der Waals surface area contributed by atoms with E-state index in [9.17, 15) is 0 Å². The standard InChI is InChI=1S/C4H4INO/c5-3-4-1-2-7-6-4/h1-2H,3H2. The van der Waals surface area contributed by atoms with Crippen molar-refractivity contribution in [2.45, 2.75) is 4.43 Å². The van der Waals surface area contributed by atoms with E-state index in [0.29, 0.717) is 0 Å². The normalized spacial score (nSPS) is 9.29. The minimum Gasteiger partial charge on any atom is -0.364 e. The summed E-state index contributed by atoms with van der Waals surface area (Å²) in [6.07, 6.45) is 1.58. The van der Waals surface area contributed by atoms with E-state index < -0.39 is 0 Å². The van der Waals surface area contributed by atoms with E-state index in [4.69, 9.17) is 0 Å². The van der Waals surface area contributed by atoms with Gasteiger partial charge in [-0.2, -0.15) is 0 Å². The molecule has 0 amide bonds. The first kappa shape index (κ1) is 5.08. The lowest BCUT2D eigenvalue weighted by Gasteiger charge is -1.73. The molecule has 3 heteroatoms. The van der Waals surface area contributed by atoms with E-state index in [0.717, 1.165) is 10.1 Å². The van der Waals surface area contributed by atoms with Crippen molar-refractivity contribution in [3.8, 4) is 0 Å². The van der Waals surface area contributed by atoms with Gasteiger partial charge in [-0.3, -0.25) is 0 Å². The molecule has 1 rings (SSSR count). The average molecular weight is 209 g/mol. The van der Waals surface area contributed by atoms with E-state index in [1.807, 2.05) is 6.07 Å². The fourth-order valence-electron chi connectivity index (χ4n) is 0.306. The molecule has 0 aliphatic rings. The second-order valence-electron chi connectivity index (χ2n) is 1.12. The summed E-state index contributed by atoms with van der Waals surface area (Å²) in [5.74, 6) is 0. The monoisotopic (exact) mass is 209 g/mol. The Labute approximate surface area is 55.0 Å². The van der Waals surface area contributed by atoms with Gasteiger partial charge < -0.3 is 4.52 Å². The molecule has 0 aromatic carbocycles. The van der Waals surface area contributed by atoms with Gasteiger partial charge in [-0.15, -0.1) is 0 Å². The second-order valence-corrected chi connectivity index (χ2v) is 1.89. The van der Waals surface area contributed by atoms with Crippen LogP contribution in [-0.4, -0.2) is 5.16 Å². The van der Waals surface area contributed by atoms with Crippen molar-refractivity contribution in [3.63, 3.8) is 0 Å². The number of nitrogens with zero attached hydrogens (tertiary/aromatic N) is 1. The van der Waals surface area contributed by atoms with Gasteiger partial charge in [-0.05, 0) is 0 Å². The Kier molecular flexibility index (Phi) is 1.67. The summed E-state index contributed by atoms with van der Waals surface area (Å²) in [4.78, 5) is 0. The third-order valence-corrected chi connectivity index (χ3v) is 1.41. The Morgan fingerprint density at radius 2 is 2.71 bits per heavy atom. The lowest BCUT2D eigenvalue weighted by Crippen LogP contribution is -1.69. The number of alkyl halides is 1. The van der Waals surface area contributed by atoms with Gasteiger partial charge in [0.15, 0.2) is 0 Å². The van der Waals surface area contributed by atoms with Gasteiger partial charge in [0.25, 0.3) is 0 Å². The van der Waals surface area contributed by atoms with E-state index in [1.165, 1.54) is 0 Å². The average Bonchev–Trinajstić information content (AvgIpc) is 2.14. The predicted octanol–water partition coefficient (Wildman–Crippen LogP) is 1.61.